The predicted molar refractivity (Wildman–Crippen MR) is 85.5 cm³/mol. The van der Waals surface area contributed by atoms with E-state index in [-0.39, 0.29) is 0 Å². The van der Waals surface area contributed by atoms with Crippen molar-refractivity contribution in [2.24, 2.45) is 0 Å². The summed E-state index contributed by atoms with van der Waals surface area (Å²) >= 11 is 0. The van der Waals surface area contributed by atoms with Gasteiger partial charge < -0.3 is 13.7 Å². The molecule has 0 aliphatic carbocycles. The smallest absolute Gasteiger partial charge is 0.203 e. The van der Waals surface area contributed by atoms with Crippen LogP contribution in [-0.4, -0.2) is 32.6 Å². The maximum Gasteiger partial charge on any atom is 0.203 e. The molecule has 4 heteroatoms. The molecule has 0 unspecified atom stereocenters. The van der Waals surface area contributed by atoms with E-state index in [1.54, 1.807) is 12.5 Å². The van der Waals surface area contributed by atoms with Gasteiger partial charge in [0, 0.05) is 0 Å². The summed E-state index contributed by atoms with van der Waals surface area (Å²) in [7, 11) is -1.85. The zero-order valence-corrected chi connectivity index (χ0v) is 13.8. The second-order valence-corrected chi connectivity index (χ2v) is 9.57. The fraction of sp³-hybridized carbons (Fsp3) is 0.500. The highest BCUT2D eigenvalue weighted by molar-refractivity contribution is 6.99. The minimum Gasteiger partial charge on any atom is -0.474 e. The molecule has 2 aromatic rings. The van der Waals surface area contributed by atoms with Gasteiger partial charge in [0.1, 0.15) is 0 Å². The average molecular weight is 291 g/mol. The van der Waals surface area contributed by atoms with Crippen LogP contribution in [0.5, 0.6) is 0 Å². The zero-order valence-electron chi connectivity index (χ0n) is 12.8. The molecule has 0 amide bonds. The van der Waals surface area contributed by atoms with Crippen LogP contribution in [0.15, 0.2) is 45.6 Å². The molecule has 0 aliphatic heterocycles. The fourth-order valence-electron chi connectivity index (χ4n) is 2.75. The summed E-state index contributed by atoms with van der Waals surface area (Å²) in [6, 6.07) is 9.32. The monoisotopic (exact) mass is 291 g/mol. The van der Waals surface area contributed by atoms with Crippen molar-refractivity contribution in [3.63, 3.8) is 0 Å². The molecule has 0 saturated heterocycles. The molecule has 0 atom stereocenters. The van der Waals surface area contributed by atoms with Gasteiger partial charge in [-0.15, -0.1) is 0 Å². The zero-order chi connectivity index (χ0) is 14.4. The standard InChI is InChI=1S/C16H25NO2Si/c1-4-17(5-2)11-8-14-20(3,15-9-6-12-18-15)16-10-7-13-19-16/h6-7,9-10,12-13H,4-5,8,11,14H2,1-3H3. The molecule has 20 heavy (non-hydrogen) atoms. The lowest BCUT2D eigenvalue weighted by Gasteiger charge is -2.24. The van der Waals surface area contributed by atoms with Gasteiger partial charge >= 0.3 is 0 Å². The lowest BCUT2D eigenvalue weighted by molar-refractivity contribution is 0.304. The third-order valence-electron chi connectivity index (χ3n) is 4.18. The van der Waals surface area contributed by atoms with Gasteiger partial charge in [-0.2, -0.15) is 0 Å². The fourth-order valence-corrected chi connectivity index (χ4v) is 5.93. The molecule has 0 spiro atoms. The first kappa shape index (κ1) is 15.1. The Bertz CT molecular complexity index is 440. The third-order valence-corrected chi connectivity index (χ3v) is 8.27. The molecular weight excluding hydrogens is 266 g/mol. The Kier molecular flexibility index (Phi) is 5.26. The van der Waals surface area contributed by atoms with Crippen molar-refractivity contribution in [3.8, 4) is 0 Å². The summed E-state index contributed by atoms with van der Waals surface area (Å²) in [6.45, 7) is 10.2. The molecule has 0 aromatic carbocycles. The molecule has 2 heterocycles. The van der Waals surface area contributed by atoms with Crippen LogP contribution in [0.25, 0.3) is 0 Å². The summed E-state index contributed by atoms with van der Waals surface area (Å²) < 4.78 is 11.4. The van der Waals surface area contributed by atoms with E-state index in [0.29, 0.717) is 0 Å². The Morgan fingerprint density at radius 2 is 1.55 bits per heavy atom. The molecular formula is C16H25NO2Si. The van der Waals surface area contributed by atoms with Crippen molar-refractivity contribution in [3.05, 3.63) is 36.8 Å². The molecule has 2 rings (SSSR count). The van der Waals surface area contributed by atoms with Crippen molar-refractivity contribution < 1.29 is 8.83 Å². The van der Waals surface area contributed by atoms with Crippen LogP contribution in [-0.2, 0) is 0 Å². The Labute approximate surface area is 122 Å². The highest BCUT2D eigenvalue weighted by Crippen LogP contribution is 2.15. The first-order valence-corrected chi connectivity index (χ1v) is 10.2. The van der Waals surface area contributed by atoms with E-state index in [2.05, 4.69) is 37.4 Å². The molecule has 3 nitrogen and oxygen atoms in total. The minimum absolute atomic E-state index is 1.12. The number of nitrogens with zero attached hydrogens (tertiary/aromatic N) is 1. The molecule has 110 valence electrons. The first-order chi connectivity index (χ1) is 9.70. The van der Waals surface area contributed by atoms with Crippen molar-refractivity contribution in [1.82, 2.24) is 4.90 Å². The molecule has 0 bridgehead atoms. The number of hydrogen-bond acceptors (Lipinski definition) is 3. The molecule has 0 N–H and O–H groups in total. The van der Waals surface area contributed by atoms with E-state index < -0.39 is 8.07 Å². The Balaban J connectivity index is 2.09. The number of furan rings is 2. The maximum absolute atomic E-state index is 5.72. The number of rotatable bonds is 8. The van der Waals surface area contributed by atoms with Crippen molar-refractivity contribution in [2.45, 2.75) is 32.9 Å². The van der Waals surface area contributed by atoms with Gasteiger partial charge in [0.05, 0.1) is 23.3 Å². The summed E-state index contributed by atoms with van der Waals surface area (Å²) in [5.74, 6) is 0. The lowest BCUT2D eigenvalue weighted by Crippen LogP contribution is -2.54. The van der Waals surface area contributed by atoms with E-state index in [4.69, 9.17) is 8.83 Å². The highest BCUT2D eigenvalue weighted by Gasteiger charge is 2.37. The maximum atomic E-state index is 5.72. The molecule has 0 fully saturated rings. The van der Waals surface area contributed by atoms with Crippen LogP contribution in [0.1, 0.15) is 20.3 Å². The van der Waals surface area contributed by atoms with Gasteiger partial charge in [-0.1, -0.05) is 20.4 Å². The van der Waals surface area contributed by atoms with Crippen LogP contribution in [0.2, 0.25) is 12.6 Å². The predicted octanol–water partition coefficient (Wildman–Crippen LogP) is 2.80. The second-order valence-electron chi connectivity index (χ2n) is 5.42. The van der Waals surface area contributed by atoms with Crippen LogP contribution >= 0.6 is 0 Å². The largest absolute Gasteiger partial charge is 0.474 e. The molecule has 0 aliphatic rings. The third kappa shape index (κ3) is 3.25. The van der Waals surface area contributed by atoms with E-state index in [1.165, 1.54) is 6.42 Å². The second kappa shape index (κ2) is 6.95. The molecule has 0 saturated carbocycles. The quantitative estimate of drug-likeness (QED) is 0.700. The van der Waals surface area contributed by atoms with Crippen LogP contribution in [0.3, 0.4) is 0 Å². The van der Waals surface area contributed by atoms with Crippen molar-refractivity contribution in [2.75, 3.05) is 19.6 Å². The van der Waals surface area contributed by atoms with Crippen LogP contribution in [0, 0.1) is 0 Å². The lowest BCUT2D eigenvalue weighted by atomic mass is 10.4. The van der Waals surface area contributed by atoms with E-state index in [0.717, 1.165) is 36.4 Å². The van der Waals surface area contributed by atoms with E-state index >= 15 is 0 Å². The van der Waals surface area contributed by atoms with E-state index in [1.807, 2.05) is 12.1 Å². The van der Waals surface area contributed by atoms with Gasteiger partial charge in [-0.3, -0.25) is 0 Å². The Morgan fingerprint density at radius 3 is 1.95 bits per heavy atom. The summed E-state index contributed by atoms with van der Waals surface area (Å²) in [5.41, 5.74) is 0. The highest BCUT2D eigenvalue weighted by atomic mass is 28.3. The van der Waals surface area contributed by atoms with Crippen LogP contribution < -0.4 is 10.8 Å². The molecule has 0 radical (unpaired) electrons. The van der Waals surface area contributed by atoms with Crippen molar-refractivity contribution >= 4 is 18.8 Å². The topological polar surface area (TPSA) is 29.5 Å². The van der Waals surface area contributed by atoms with Gasteiger partial charge in [-0.25, -0.2) is 0 Å². The summed E-state index contributed by atoms with van der Waals surface area (Å²) in [5, 5.41) is 2.24. The van der Waals surface area contributed by atoms with Gasteiger partial charge in [0.15, 0.2) is 0 Å². The Hall–Kier alpha value is -1.26. The summed E-state index contributed by atoms with van der Waals surface area (Å²) in [6.07, 6.45) is 4.73. The van der Waals surface area contributed by atoms with Crippen molar-refractivity contribution in [1.29, 1.82) is 0 Å². The first-order valence-electron chi connectivity index (χ1n) is 7.51. The Morgan fingerprint density at radius 1 is 1.00 bits per heavy atom. The van der Waals surface area contributed by atoms with Crippen LogP contribution in [0.4, 0.5) is 0 Å². The minimum atomic E-state index is -1.85. The normalized spacial score (nSPS) is 12.2. The van der Waals surface area contributed by atoms with Gasteiger partial charge in [0.25, 0.3) is 0 Å². The SMILES string of the molecule is CCN(CC)CCC[Si](C)(c1ccco1)c1ccco1. The number of hydrogen-bond donors (Lipinski definition) is 0. The average Bonchev–Trinajstić information content (AvgIpc) is 3.16. The van der Waals surface area contributed by atoms with E-state index in [9.17, 15) is 0 Å². The van der Waals surface area contributed by atoms with Gasteiger partial charge in [0.2, 0.25) is 8.07 Å². The summed E-state index contributed by atoms with van der Waals surface area (Å²) in [4.78, 5) is 2.47. The molecule has 2 aromatic heterocycles. The van der Waals surface area contributed by atoms with Gasteiger partial charge in [-0.05, 0) is 56.4 Å².